The molecular weight excluding hydrogens is 404 g/mol. The lowest BCUT2D eigenvalue weighted by molar-refractivity contribution is -0.122. The molecule has 3 atom stereocenters. The van der Waals surface area contributed by atoms with Gasteiger partial charge in [0.05, 0.1) is 13.2 Å². The molecule has 0 unspecified atom stereocenters. The third kappa shape index (κ3) is 4.73. The molecule has 2 aromatic rings. The number of aromatic nitrogens is 1. The second-order valence-corrected chi connectivity index (χ2v) is 8.46. The number of hydrogen-bond acceptors (Lipinski definition) is 6. The van der Waals surface area contributed by atoms with Crippen molar-refractivity contribution in [3.05, 3.63) is 47.0 Å². The molecule has 2 aliphatic rings. The van der Waals surface area contributed by atoms with Gasteiger partial charge < -0.3 is 19.6 Å². The molecule has 0 aliphatic carbocycles. The predicted molar refractivity (Wildman–Crippen MR) is 115 cm³/mol. The van der Waals surface area contributed by atoms with Gasteiger partial charge in [0.25, 0.3) is 6.47 Å². The van der Waals surface area contributed by atoms with Crippen LogP contribution in [0.1, 0.15) is 17.2 Å². The lowest BCUT2D eigenvalue weighted by Crippen LogP contribution is -2.41. The van der Waals surface area contributed by atoms with Gasteiger partial charge in [-0.1, -0.05) is 12.1 Å². The summed E-state index contributed by atoms with van der Waals surface area (Å²) in [6.45, 7) is 3.55. The van der Waals surface area contributed by atoms with Gasteiger partial charge in [0.1, 0.15) is 5.75 Å². The van der Waals surface area contributed by atoms with Crippen molar-refractivity contribution < 1.29 is 19.4 Å². The van der Waals surface area contributed by atoms with Gasteiger partial charge in [-0.05, 0) is 40.7 Å². The predicted octanol–water partition coefficient (Wildman–Crippen LogP) is 2.64. The summed E-state index contributed by atoms with van der Waals surface area (Å²) in [5.74, 6) is 1.80. The number of rotatable bonds is 4. The molecule has 0 spiro atoms. The average Bonchev–Trinajstić information content (AvgIpc) is 3.45. The second kappa shape index (κ2) is 9.90. The van der Waals surface area contributed by atoms with E-state index in [9.17, 15) is 4.79 Å². The van der Waals surface area contributed by atoms with Crippen LogP contribution in [0, 0.1) is 11.8 Å². The van der Waals surface area contributed by atoms with Crippen LogP contribution in [-0.2, 0) is 11.3 Å². The molecule has 1 N–H and O–H groups in total. The number of methoxy groups -OCH3 is 1. The normalized spacial score (nSPS) is 22.8. The lowest BCUT2D eigenvalue weighted by Gasteiger charge is -2.32. The van der Waals surface area contributed by atoms with E-state index in [0.29, 0.717) is 11.8 Å². The van der Waals surface area contributed by atoms with Gasteiger partial charge in [-0.25, -0.2) is 9.17 Å². The summed E-state index contributed by atoms with van der Waals surface area (Å²) < 4.78 is 9.52. The zero-order valence-corrected chi connectivity index (χ0v) is 18.3. The van der Waals surface area contributed by atoms with Crippen LogP contribution in [0.15, 0.2) is 35.8 Å². The van der Waals surface area contributed by atoms with Crippen LogP contribution < -0.4 is 4.74 Å². The minimum Gasteiger partial charge on any atom is -0.497 e. The maximum absolute atomic E-state index is 12.8. The SMILES string of the molecule is COc1ccc([C@H]2[C@@H]3CN(Cc4cnsc4)C[C@@H]3CN2C(=O)N(C)C)cc1.O=CO. The Bertz CT molecular complexity index is 828. The summed E-state index contributed by atoms with van der Waals surface area (Å²) in [4.78, 5) is 27.4. The minimum absolute atomic E-state index is 0.0961. The van der Waals surface area contributed by atoms with Crippen molar-refractivity contribution >= 4 is 24.0 Å². The molecular formula is C21H28N4O4S. The third-order valence-electron chi connectivity index (χ3n) is 5.72. The van der Waals surface area contributed by atoms with E-state index in [1.165, 1.54) is 22.7 Å². The molecule has 1 aromatic carbocycles. The Labute approximate surface area is 180 Å². The monoisotopic (exact) mass is 432 g/mol. The Hall–Kier alpha value is -2.65. The van der Waals surface area contributed by atoms with Gasteiger partial charge in [0, 0.05) is 57.8 Å². The highest BCUT2D eigenvalue weighted by molar-refractivity contribution is 7.03. The summed E-state index contributed by atoms with van der Waals surface area (Å²) >= 11 is 1.51. The molecule has 1 aromatic heterocycles. The first-order chi connectivity index (χ1) is 14.5. The molecule has 0 saturated carbocycles. The highest BCUT2D eigenvalue weighted by atomic mass is 32.1. The minimum atomic E-state index is -0.250. The Morgan fingerprint density at radius 2 is 2.00 bits per heavy atom. The average molecular weight is 433 g/mol. The number of fused-ring (bicyclic) bond motifs is 1. The first-order valence-electron chi connectivity index (χ1n) is 9.78. The third-order valence-corrected chi connectivity index (χ3v) is 6.35. The molecule has 2 aliphatic heterocycles. The van der Waals surface area contributed by atoms with E-state index in [-0.39, 0.29) is 18.5 Å². The van der Waals surface area contributed by atoms with Crippen LogP contribution >= 0.6 is 11.5 Å². The Morgan fingerprint density at radius 1 is 1.30 bits per heavy atom. The maximum atomic E-state index is 12.8. The molecule has 2 amide bonds. The number of carboxylic acid groups (broad SMARTS) is 1. The van der Waals surface area contributed by atoms with Crippen LogP contribution in [-0.4, -0.2) is 77.5 Å². The van der Waals surface area contributed by atoms with Crippen LogP contribution in [0.25, 0.3) is 0 Å². The zero-order chi connectivity index (χ0) is 21.7. The van der Waals surface area contributed by atoms with E-state index >= 15 is 0 Å². The van der Waals surface area contributed by atoms with Gasteiger partial charge in [0.15, 0.2) is 0 Å². The van der Waals surface area contributed by atoms with E-state index in [0.717, 1.165) is 31.9 Å². The maximum Gasteiger partial charge on any atom is 0.320 e. The number of likely N-dealkylation sites (tertiary alicyclic amines) is 2. The smallest absolute Gasteiger partial charge is 0.320 e. The number of carbonyl (C=O) groups is 2. The fourth-order valence-electron chi connectivity index (χ4n) is 4.51. The van der Waals surface area contributed by atoms with E-state index in [4.69, 9.17) is 14.6 Å². The second-order valence-electron chi connectivity index (χ2n) is 7.80. The lowest BCUT2D eigenvalue weighted by atomic mass is 9.89. The molecule has 162 valence electrons. The quantitative estimate of drug-likeness (QED) is 0.748. The summed E-state index contributed by atoms with van der Waals surface area (Å²) in [7, 11) is 5.34. The number of urea groups is 1. The summed E-state index contributed by atoms with van der Waals surface area (Å²) in [6.07, 6.45) is 1.96. The van der Waals surface area contributed by atoms with Crippen LogP contribution in [0.2, 0.25) is 0 Å². The standard InChI is InChI=1S/C20H26N4O2S.CH2O2/c1-22(2)20(25)24-11-16-10-23(9-14-8-21-27-13-14)12-18(16)19(24)15-4-6-17(26-3)7-5-15;2-1-3/h4-8,13,16,18-19H,9-12H2,1-3H3;1H,(H,2,3)/t16-,18-,19+;/m1./s1. The van der Waals surface area contributed by atoms with Crippen molar-refractivity contribution in [3.63, 3.8) is 0 Å². The fourth-order valence-corrected chi connectivity index (χ4v) is 5.04. The zero-order valence-electron chi connectivity index (χ0n) is 17.5. The number of nitrogens with zero attached hydrogens (tertiary/aromatic N) is 4. The van der Waals surface area contributed by atoms with Crippen molar-refractivity contribution in [1.82, 2.24) is 19.1 Å². The molecule has 0 bridgehead atoms. The first kappa shape index (κ1) is 22.0. The van der Waals surface area contributed by atoms with Gasteiger partial charge >= 0.3 is 6.03 Å². The van der Waals surface area contributed by atoms with E-state index < -0.39 is 0 Å². The molecule has 0 radical (unpaired) electrons. The van der Waals surface area contributed by atoms with E-state index in [1.54, 1.807) is 12.0 Å². The first-order valence-corrected chi connectivity index (χ1v) is 10.6. The highest BCUT2D eigenvalue weighted by Gasteiger charge is 2.49. The van der Waals surface area contributed by atoms with Crippen LogP contribution in [0.5, 0.6) is 5.75 Å². The van der Waals surface area contributed by atoms with E-state index in [2.05, 4.69) is 31.7 Å². The van der Waals surface area contributed by atoms with Crippen LogP contribution in [0.4, 0.5) is 4.79 Å². The van der Waals surface area contributed by atoms with Gasteiger partial charge in [-0.3, -0.25) is 9.69 Å². The number of hydrogen-bond donors (Lipinski definition) is 1. The highest BCUT2D eigenvalue weighted by Crippen LogP contribution is 2.45. The van der Waals surface area contributed by atoms with Crippen molar-refractivity contribution in [2.45, 2.75) is 12.6 Å². The number of benzene rings is 1. The largest absolute Gasteiger partial charge is 0.497 e. The van der Waals surface area contributed by atoms with Crippen molar-refractivity contribution in [2.75, 3.05) is 40.8 Å². The van der Waals surface area contributed by atoms with Crippen molar-refractivity contribution in [3.8, 4) is 5.75 Å². The number of amides is 2. The molecule has 2 fully saturated rings. The number of ether oxygens (including phenoxy) is 1. The van der Waals surface area contributed by atoms with Gasteiger partial charge in [0.2, 0.25) is 0 Å². The number of carbonyl (C=O) groups excluding carboxylic acids is 1. The summed E-state index contributed by atoms with van der Waals surface area (Å²) in [5.41, 5.74) is 2.47. The Kier molecular flexibility index (Phi) is 7.28. The van der Waals surface area contributed by atoms with Crippen molar-refractivity contribution in [2.24, 2.45) is 11.8 Å². The topological polar surface area (TPSA) is 86.2 Å². The molecule has 3 heterocycles. The van der Waals surface area contributed by atoms with Gasteiger partial charge in [-0.15, -0.1) is 0 Å². The molecule has 8 nitrogen and oxygen atoms in total. The molecule has 4 rings (SSSR count). The Morgan fingerprint density at radius 3 is 2.57 bits per heavy atom. The summed E-state index contributed by atoms with van der Waals surface area (Å²) in [5, 5.41) is 9.01. The fraction of sp³-hybridized carbons (Fsp3) is 0.476. The molecule has 30 heavy (non-hydrogen) atoms. The van der Waals surface area contributed by atoms with Gasteiger partial charge in [-0.2, -0.15) is 0 Å². The molecule has 2 saturated heterocycles. The van der Waals surface area contributed by atoms with Crippen molar-refractivity contribution in [1.29, 1.82) is 0 Å². The summed E-state index contributed by atoms with van der Waals surface area (Å²) in [6, 6.07) is 8.40. The Balaban J connectivity index is 0.000000806. The van der Waals surface area contributed by atoms with E-state index in [1.807, 2.05) is 32.4 Å². The molecule has 9 heteroatoms. The van der Waals surface area contributed by atoms with Crippen LogP contribution in [0.3, 0.4) is 0 Å².